The molecule has 6 nitrogen and oxygen atoms in total. The Morgan fingerprint density at radius 2 is 2.10 bits per heavy atom. The molecular formula is C14H14N4O2. The van der Waals surface area contributed by atoms with Crippen molar-refractivity contribution in [2.75, 3.05) is 5.43 Å². The van der Waals surface area contributed by atoms with Gasteiger partial charge in [-0.1, -0.05) is 29.8 Å². The van der Waals surface area contributed by atoms with Crippen molar-refractivity contribution in [3.05, 3.63) is 63.3 Å². The number of rotatable bonds is 4. The summed E-state index contributed by atoms with van der Waals surface area (Å²) in [4.78, 5) is 14.5. The van der Waals surface area contributed by atoms with Crippen LogP contribution >= 0.6 is 0 Å². The molecule has 1 heterocycles. The molecule has 0 saturated carbocycles. The van der Waals surface area contributed by atoms with E-state index in [1.807, 2.05) is 31.2 Å². The number of nitrogens with one attached hydrogen (secondary N) is 1. The number of nitrogens with zero attached hydrogens (tertiary/aromatic N) is 3. The van der Waals surface area contributed by atoms with Gasteiger partial charge in [-0.2, -0.15) is 5.10 Å². The topological polar surface area (TPSA) is 80.4 Å². The van der Waals surface area contributed by atoms with E-state index >= 15 is 0 Å². The molecule has 0 atom stereocenters. The highest BCUT2D eigenvalue weighted by atomic mass is 16.6. The minimum atomic E-state index is -0.489. The highest BCUT2D eigenvalue weighted by molar-refractivity contribution is 5.80. The lowest BCUT2D eigenvalue weighted by Crippen LogP contribution is -2.00. The molecule has 2 rings (SSSR count). The van der Waals surface area contributed by atoms with Gasteiger partial charge in [-0.25, -0.2) is 4.98 Å². The van der Waals surface area contributed by atoms with E-state index < -0.39 is 4.92 Å². The summed E-state index contributed by atoms with van der Waals surface area (Å²) in [5.41, 5.74) is 5.23. The van der Waals surface area contributed by atoms with Gasteiger partial charge in [0.05, 0.1) is 11.1 Å². The summed E-state index contributed by atoms with van der Waals surface area (Å²) in [7, 11) is 0. The first-order valence-corrected chi connectivity index (χ1v) is 6.04. The standard InChI is InChI=1S/C14H14N4O2/c1-10-4-3-5-12(8-10)9-15-17-14-13(18(19)20)7-6-11(2)16-14/h3-9H,1-2H3,(H,16,17)/b15-9-. The van der Waals surface area contributed by atoms with Crippen LogP contribution in [0.4, 0.5) is 11.5 Å². The summed E-state index contributed by atoms with van der Waals surface area (Å²) in [6.07, 6.45) is 1.60. The van der Waals surface area contributed by atoms with E-state index in [2.05, 4.69) is 15.5 Å². The van der Waals surface area contributed by atoms with Crippen LogP contribution in [0.2, 0.25) is 0 Å². The smallest absolute Gasteiger partial charge is 0.258 e. The van der Waals surface area contributed by atoms with Crippen LogP contribution in [0, 0.1) is 24.0 Å². The van der Waals surface area contributed by atoms with Crippen LogP contribution in [0.5, 0.6) is 0 Å². The fourth-order valence-electron chi connectivity index (χ4n) is 1.70. The zero-order valence-corrected chi connectivity index (χ0v) is 11.2. The molecule has 0 aliphatic rings. The Labute approximate surface area is 116 Å². The minimum Gasteiger partial charge on any atom is -0.258 e. The molecule has 0 bridgehead atoms. The van der Waals surface area contributed by atoms with E-state index in [1.165, 1.54) is 6.07 Å². The van der Waals surface area contributed by atoms with E-state index in [0.717, 1.165) is 11.1 Å². The van der Waals surface area contributed by atoms with Gasteiger partial charge in [-0.3, -0.25) is 15.5 Å². The van der Waals surface area contributed by atoms with Crippen molar-refractivity contribution in [1.29, 1.82) is 0 Å². The summed E-state index contributed by atoms with van der Waals surface area (Å²) in [5, 5.41) is 14.9. The Kier molecular flexibility index (Phi) is 4.05. The molecular weight excluding hydrogens is 256 g/mol. The summed E-state index contributed by atoms with van der Waals surface area (Å²) in [6.45, 7) is 3.75. The number of hydrazone groups is 1. The average molecular weight is 270 g/mol. The lowest BCUT2D eigenvalue weighted by molar-refractivity contribution is -0.384. The van der Waals surface area contributed by atoms with Crippen molar-refractivity contribution in [2.24, 2.45) is 5.10 Å². The average Bonchev–Trinajstić information content (AvgIpc) is 2.38. The second-order valence-electron chi connectivity index (χ2n) is 4.36. The van der Waals surface area contributed by atoms with E-state index in [4.69, 9.17) is 0 Å². The fourth-order valence-corrected chi connectivity index (χ4v) is 1.70. The summed E-state index contributed by atoms with van der Waals surface area (Å²) in [5.74, 6) is 0.138. The predicted octanol–water partition coefficient (Wildman–Crippen LogP) is 3.05. The number of aromatic nitrogens is 1. The number of hydrogen-bond acceptors (Lipinski definition) is 5. The van der Waals surface area contributed by atoms with Gasteiger partial charge < -0.3 is 0 Å². The Morgan fingerprint density at radius 3 is 2.80 bits per heavy atom. The number of anilines is 1. The third-order valence-corrected chi connectivity index (χ3v) is 2.64. The van der Waals surface area contributed by atoms with Crippen LogP contribution in [-0.2, 0) is 0 Å². The van der Waals surface area contributed by atoms with Crippen molar-refractivity contribution in [3.8, 4) is 0 Å². The highest BCUT2D eigenvalue weighted by Gasteiger charge is 2.14. The lowest BCUT2D eigenvalue weighted by Gasteiger charge is -2.02. The molecule has 0 fully saturated rings. The maximum atomic E-state index is 10.9. The lowest BCUT2D eigenvalue weighted by atomic mass is 10.2. The molecule has 0 unspecified atom stereocenters. The van der Waals surface area contributed by atoms with Gasteiger partial charge in [-0.05, 0) is 25.5 Å². The van der Waals surface area contributed by atoms with Gasteiger partial charge in [-0.15, -0.1) is 0 Å². The first-order chi connectivity index (χ1) is 9.56. The first-order valence-electron chi connectivity index (χ1n) is 6.04. The van der Waals surface area contributed by atoms with Gasteiger partial charge in [0.1, 0.15) is 0 Å². The first kappa shape index (κ1) is 13.7. The Balaban J connectivity index is 2.18. The second-order valence-corrected chi connectivity index (χ2v) is 4.36. The SMILES string of the molecule is Cc1cccc(/C=N\Nc2nc(C)ccc2[N+](=O)[O-])c1. The van der Waals surface area contributed by atoms with Crippen LogP contribution in [0.15, 0.2) is 41.5 Å². The van der Waals surface area contributed by atoms with Crippen LogP contribution in [0.1, 0.15) is 16.8 Å². The number of nitro groups is 1. The Bertz CT molecular complexity index is 668. The maximum Gasteiger partial charge on any atom is 0.313 e. The van der Waals surface area contributed by atoms with Crippen molar-refractivity contribution < 1.29 is 4.92 Å². The van der Waals surface area contributed by atoms with Crippen LogP contribution in [0.3, 0.4) is 0 Å². The molecule has 20 heavy (non-hydrogen) atoms. The van der Waals surface area contributed by atoms with Crippen LogP contribution in [-0.4, -0.2) is 16.1 Å². The zero-order valence-electron chi connectivity index (χ0n) is 11.2. The van der Waals surface area contributed by atoms with Crippen molar-refractivity contribution >= 4 is 17.7 Å². The molecule has 0 radical (unpaired) electrons. The predicted molar refractivity (Wildman–Crippen MR) is 78.0 cm³/mol. The quantitative estimate of drug-likeness (QED) is 0.526. The third kappa shape index (κ3) is 3.38. The third-order valence-electron chi connectivity index (χ3n) is 2.64. The molecule has 0 aliphatic carbocycles. The molecule has 0 spiro atoms. The molecule has 1 aromatic heterocycles. The van der Waals surface area contributed by atoms with Crippen LogP contribution < -0.4 is 5.43 Å². The molecule has 0 saturated heterocycles. The van der Waals surface area contributed by atoms with Crippen molar-refractivity contribution in [2.45, 2.75) is 13.8 Å². The maximum absolute atomic E-state index is 10.9. The Morgan fingerprint density at radius 1 is 1.30 bits per heavy atom. The number of benzene rings is 1. The highest BCUT2D eigenvalue weighted by Crippen LogP contribution is 2.21. The Hall–Kier alpha value is -2.76. The molecule has 1 aromatic carbocycles. The van der Waals surface area contributed by atoms with Gasteiger partial charge >= 0.3 is 5.69 Å². The van der Waals surface area contributed by atoms with Gasteiger partial charge in [0.2, 0.25) is 5.82 Å². The van der Waals surface area contributed by atoms with Gasteiger partial charge in [0.25, 0.3) is 0 Å². The number of aryl methyl sites for hydroxylation is 2. The fraction of sp³-hybridized carbons (Fsp3) is 0.143. The van der Waals surface area contributed by atoms with Crippen molar-refractivity contribution in [3.63, 3.8) is 0 Å². The van der Waals surface area contributed by atoms with Crippen molar-refractivity contribution in [1.82, 2.24) is 4.98 Å². The molecule has 0 aliphatic heterocycles. The normalized spacial score (nSPS) is 10.7. The van der Waals surface area contributed by atoms with Crippen LogP contribution in [0.25, 0.3) is 0 Å². The molecule has 0 amide bonds. The molecule has 6 heteroatoms. The van der Waals surface area contributed by atoms with E-state index in [9.17, 15) is 10.1 Å². The molecule has 1 N–H and O–H groups in total. The number of hydrogen-bond donors (Lipinski definition) is 1. The monoisotopic (exact) mass is 270 g/mol. The second kappa shape index (κ2) is 5.92. The molecule has 2 aromatic rings. The van der Waals surface area contributed by atoms with E-state index in [-0.39, 0.29) is 11.5 Å². The summed E-state index contributed by atoms with van der Waals surface area (Å²) in [6, 6.07) is 10.8. The van der Waals surface area contributed by atoms with E-state index in [0.29, 0.717) is 5.69 Å². The minimum absolute atomic E-state index is 0.100. The van der Waals surface area contributed by atoms with E-state index in [1.54, 1.807) is 19.2 Å². The summed E-state index contributed by atoms with van der Waals surface area (Å²) < 4.78 is 0. The van der Waals surface area contributed by atoms with Gasteiger partial charge in [0.15, 0.2) is 0 Å². The zero-order chi connectivity index (χ0) is 14.5. The number of pyridine rings is 1. The molecule has 102 valence electrons. The summed E-state index contributed by atoms with van der Waals surface area (Å²) >= 11 is 0. The largest absolute Gasteiger partial charge is 0.313 e. The van der Waals surface area contributed by atoms with Gasteiger partial charge in [0, 0.05) is 11.8 Å².